The smallest absolute Gasteiger partial charge is 0.164 e. The molecule has 0 saturated heterocycles. The Hall–Kier alpha value is -7.95. The number of hydrogen-bond acceptors (Lipinski definition) is 7. The van der Waals surface area contributed by atoms with Gasteiger partial charge in [0.1, 0.15) is 0 Å². The SMILES string of the molecule is N#Cc1ccc(-c2cccc(-c3nc(-c4ccccc4)nc(-c4ccccc4-c4ccc(-c5nc(-c6ccccc6)nc(-c6ccccc6)n5)cc4)n3)c2)cc1. The highest BCUT2D eigenvalue weighted by molar-refractivity contribution is 5.83. The first-order chi connectivity index (χ1) is 27.7. The van der Waals surface area contributed by atoms with Crippen molar-refractivity contribution >= 4 is 0 Å². The predicted octanol–water partition coefficient (Wildman–Crippen LogP) is 11.3. The van der Waals surface area contributed by atoms with E-state index < -0.39 is 0 Å². The van der Waals surface area contributed by atoms with Crippen molar-refractivity contribution < 1.29 is 0 Å². The standard InChI is InChI=1S/C49H31N7/c50-32-33-23-25-34(26-24-33)40-19-12-20-41(31-40)48-54-46(38-17-8-3-9-18-38)55-49(56-48)43-22-11-10-21-42(43)35-27-29-39(30-28-35)47-52-44(36-13-4-1-5-14-36)51-45(53-47)37-15-6-2-7-16-37/h1-31H. The zero-order valence-electron chi connectivity index (χ0n) is 30.0. The summed E-state index contributed by atoms with van der Waals surface area (Å²) < 4.78 is 0. The Kier molecular flexibility index (Phi) is 9.18. The monoisotopic (exact) mass is 717 g/mol. The van der Waals surface area contributed by atoms with Gasteiger partial charge in [0.25, 0.3) is 0 Å². The minimum absolute atomic E-state index is 0.563. The molecule has 0 radical (unpaired) electrons. The maximum atomic E-state index is 9.29. The molecule has 9 aromatic rings. The van der Waals surface area contributed by atoms with E-state index in [4.69, 9.17) is 29.9 Å². The van der Waals surface area contributed by atoms with Gasteiger partial charge in [-0.15, -0.1) is 0 Å². The van der Waals surface area contributed by atoms with Gasteiger partial charge in [0.15, 0.2) is 34.9 Å². The predicted molar refractivity (Wildman–Crippen MR) is 221 cm³/mol. The lowest BCUT2D eigenvalue weighted by Gasteiger charge is -2.13. The fourth-order valence-corrected chi connectivity index (χ4v) is 6.58. The van der Waals surface area contributed by atoms with Gasteiger partial charge in [0, 0.05) is 33.4 Å². The second-order valence-corrected chi connectivity index (χ2v) is 13.1. The van der Waals surface area contributed by atoms with E-state index in [1.807, 2.05) is 158 Å². The van der Waals surface area contributed by atoms with Crippen LogP contribution in [0.5, 0.6) is 0 Å². The summed E-state index contributed by atoms with van der Waals surface area (Å²) in [6.45, 7) is 0. The summed E-state index contributed by atoms with van der Waals surface area (Å²) in [4.78, 5) is 29.8. The van der Waals surface area contributed by atoms with Crippen molar-refractivity contribution in [3.05, 3.63) is 194 Å². The van der Waals surface area contributed by atoms with E-state index >= 15 is 0 Å². The van der Waals surface area contributed by atoms with Gasteiger partial charge in [-0.05, 0) is 40.5 Å². The fraction of sp³-hybridized carbons (Fsp3) is 0. The highest BCUT2D eigenvalue weighted by atomic mass is 15.0. The molecule has 7 nitrogen and oxygen atoms in total. The third kappa shape index (κ3) is 7.06. The molecule has 0 unspecified atom stereocenters. The van der Waals surface area contributed by atoms with Crippen molar-refractivity contribution in [3.8, 4) is 96.7 Å². The Balaban J connectivity index is 1.12. The Bertz CT molecular complexity index is 2780. The van der Waals surface area contributed by atoms with E-state index in [0.29, 0.717) is 40.5 Å². The molecule has 9 rings (SSSR count). The Morgan fingerprint density at radius 2 is 0.625 bits per heavy atom. The molecule has 2 aromatic heterocycles. The zero-order valence-corrected chi connectivity index (χ0v) is 30.0. The quantitative estimate of drug-likeness (QED) is 0.154. The first-order valence-electron chi connectivity index (χ1n) is 18.2. The van der Waals surface area contributed by atoms with Gasteiger partial charge in [-0.25, -0.2) is 29.9 Å². The normalized spacial score (nSPS) is 10.8. The molecule has 0 atom stereocenters. The van der Waals surface area contributed by atoms with E-state index in [1.54, 1.807) is 0 Å². The van der Waals surface area contributed by atoms with Crippen LogP contribution in [0.4, 0.5) is 0 Å². The van der Waals surface area contributed by atoms with Gasteiger partial charge in [0.2, 0.25) is 0 Å². The Morgan fingerprint density at radius 1 is 0.268 bits per heavy atom. The van der Waals surface area contributed by atoms with Crippen LogP contribution in [-0.4, -0.2) is 29.9 Å². The third-order valence-electron chi connectivity index (χ3n) is 9.46. The summed E-state index contributed by atoms with van der Waals surface area (Å²) >= 11 is 0. The van der Waals surface area contributed by atoms with Gasteiger partial charge in [-0.2, -0.15) is 5.26 Å². The van der Waals surface area contributed by atoms with Gasteiger partial charge >= 0.3 is 0 Å². The summed E-state index contributed by atoms with van der Waals surface area (Å²) in [7, 11) is 0. The molecule has 0 fully saturated rings. The summed E-state index contributed by atoms with van der Waals surface area (Å²) in [6, 6.07) is 64.3. The third-order valence-corrected chi connectivity index (χ3v) is 9.46. The summed E-state index contributed by atoms with van der Waals surface area (Å²) in [5.74, 6) is 3.54. The highest BCUT2D eigenvalue weighted by Gasteiger charge is 2.17. The molecule has 0 aliphatic heterocycles. The second-order valence-electron chi connectivity index (χ2n) is 13.1. The van der Waals surface area contributed by atoms with Gasteiger partial charge in [-0.3, -0.25) is 0 Å². The van der Waals surface area contributed by atoms with E-state index in [2.05, 4.69) is 36.4 Å². The van der Waals surface area contributed by atoms with Gasteiger partial charge in [-0.1, -0.05) is 170 Å². The lowest BCUT2D eigenvalue weighted by molar-refractivity contribution is 1.07. The molecule has 0 amide bonds. The molecule has 56 heavy (non-hydrogen) atoms. The molecule has 7 heteroatoms. The molecule has 262 valence electrons. The number of nitriles is 1. The largest absolute Gasteiger partial charge is 0.208 e. The maximum Gasteiger partial charge on any atom is 0.164 e. The number of nitrogens with zero attached hydrogens (tertiary/aromatic N) is 7. The summed E-state index contributed by atoms with van der Waals surface area (Å²) in [6.07, 6.45) is 0. The van der Waals surface area contributed by atoms with E-state index in [0.717, 1.165) is 55.6 Å². The van der Waals surface area contributed by atoms with Crippen LogP contribution in [0.25, 0.3) is 90.6 Å². The molecule has 0 spiro atoms. The van der Waals surface area contributed by atoms with Crippen molar-refractivity contribution in [2.24, 2.45) is 0 Å². The molecule has 0 N–H and O–H groups in total. The van der Waals surface area contributed by atoms with Crippen LogP contribution in [0.2, 0.25) is 0 Å². The van der Waals surface area contributed by atoms with Crippen molar-refractivity contribution in [3.63, 3.8) is 0 Å². The van der Waals surface area contributed by atoms with Gasteiger partial charge in [0.05, 0.1) is 11.6 Å². The molecule has 0 saturated carbocycles. The minimum atomic E-state index is 0.563. The van der Waals surface area contributed by atoms with Crippen LogP contribution in [-0.2, 0) is 0 Å². The number of aromatic nitrogens is 6. The Morgan fingerprint density at radius 3 is 1.12 bits per heavy atom. The Labute approximate surface area is 324 Å². The van der Waals surface area contributed by atoms with Crippen molar-refractivity contribution in [2.45, 2.75) is 0 Å². The fourth-order valence-electron chi connectivity index (χ4n) is 6.58. The number of hydrogen-bond donors (Lipinski definition) is 0. The average Bonchev–Trinajstić information content (AvgIpc) is 3.29. The van der Waals surface area contributed by atoms with E-state index in [-0.39, 0.29) is 0 Å². The van der Waals surface area contributed by atoms with E-state index in [1.165, 1.54) is 0 Å². The van der Waals surface area contributed by atoms with Gasteiger partial charge < -0.3 is 0 Å². The lowest BCUT2D eigenvalue weighted by Crippen LogP contribution is -2.01. The van der Waals surface area contributed by atoms with Crippen LogP contribution < -0.4 is 0 Å². The van der Waals surface area contributed by atoms with Crippen LogP contribution in [0.15, 0.2) is 188 Å². The summed E-state index contributed by atoms with van der Waals surface area (Å²) in [5, 5.41) is 9.29. The van der Waals surface area contributed by atoms with Crippen LogP contribution in [0.3, 0.4) is 0 Å². The second kappa shape index (κ2) is 15.2. The first-order valence-corrected chi connectivity index (χ1v) is 18.2. The van der Waals surface area contributed by atoms with Crippen molar-refractivity contribution in [1.29, 1.82) is 5.26 Å². The van der Waals surface area contributed by atoms with Crippen LogP contribution in [0.1, 0.15) is 5.56 Å². The minimum Gasteiger partial charge on any atom is -0.208 e. The lowest BCUT2D eigenvalue weighted by atomic mass is 9.97. The summed E-state index contributed by atoms with van der Waals surface area (Å²) in [5.41, 5.74) is 9.94. The molecule has 0 aliphatic carbocycles. The van der Waals surface area contributed by atoms with Crippen molar-refractivity contribution in [1.82, 2.24) is 29.9 Å². The first kappa shape index (κ1) is 33.9. The highest BCUT2D eigenvalue weighted by Crippen LogP contribution is 2.34. The molecular weight excluding hydrogens is 687 g/mol. The number of benzene rings is 7. The zero-order chi connectivity index (χ0) is 37.7. The molecule has 0 aliphatic rings. The molecule has 0 bridgehead atoms. The molecular formula is C49H31N7. The van der Waals surface area contributed by atoms with E-state index in [9.17, 15) is 5.26 Å². The topological polar surface area (TPSA) is 101 Å². The molecule has 7 aromatic carbocycles. The van der Waals surface area contributed by atoms with Crippen LogP contribution >= 0.6 is 0 Å². The number of rotatable bonds is 8. The van der Waals surface area contributed by atoms with Crippen LogP contribution in [0, 0.1) is 11.3 Å². The van der Waals surface area contributed by atoms with Crippen molar-refractivity contribution in [2.75, 3.05) is 0 Å². The molecule has 2 heterocycles. The average molecular weight is 718 g/mol. The maximum absolute atomic E-state index is 9.29.